The van der Waals surface area contributed by atoms with Crippen LogP contribution in [0.25, 0.3) is 11.4 Å². The van der Waals surface area contributed by atoms with Gasteiger partial charge in [-0.2, -0.15) is 4.98 Å². The quantitative estimate of drug-likeness (QED) is 0.822. The normalized spacial score (nSPS) is 14.7. The number of aromatic nitrogens is 2. The maximum absolute atomic E-state index is 12.0. The number of carbonyl (C=O) groups is 1. The summed E-state index contributed by atoms with van der Waals surface area (Å²) in [7, 11) is 3.14. The van der Waals surface area contributed by atoms with Crippen LogP contribution < -0.4 is 20.1 Å². The fraction of sp³-hybridized carbons (Fsp3) is 0.500. The molecular formula is C18H24N4O4. The molecule has 3 rings (SSSR count). The first-order valence-corrected chi connectivity index (χ1v) is 8.79. The first-order chi connectivity index (χ1) is 12.7. The molecule has 8 nitrogen and oxygen atoms in total. The summed E-state index contributed by atoms with van der Waals surface area (Å²) in [4.78, 5) is 16.3. The van der Waals surface area contributed by atoms with Gasteiger partial charge in [0.05, 0.1) is 20.8 Å². The smallest absolute Gasteiger partial charge is 0.315 e. The molecule has 2 amide bonds. The molecule has 1 saturated carbocycles. The Kier molecular flexibility index (Phi) is 5.93. The predicted octanol–water partition coefficient (Wildman–Crippen LogP) is 2.89. The zero-order valence-electron chi connectivity index (χ0n) is 15.1. The third-order valence-corrected chi connectivity index (χ3v) is 4.45. The van der Waals surface area contributed by atoms with Gasteiger partial charge >= 0.3 is 6.03 Å². The molecule has 0 aliphatic heterocycles. The number of amides is 2. The van der Waals surface area contributed by atoms with Gasteiger partial charge in [-0.05, 0) is 31.0 Å². The zero-order chi connectivity index (χ0) is 18.4. The maximum atomic E-state index is 12.0. The van der Waals surface area contributed by atoms with Crippen LogP contribution in [0.15, 0.2) is 22.7 Å². The Morgan fingerprint density at radius 1 is 1.19 bits per heavy atom. The molecule has 1 fully saturated rings. The molecule has 1 aliphatic carbocycles. The van der Waals surface area contributed by atoms with Gasteiger partial charge in [0.2, 0.25) is 11.7 Å². The molecule has 0 saturated heterocycles. The van der Waals surface area contributed by atoms with Crippen molar-refractivity contribution in [1.29, 1.82) is 0 Å². The largest absolute Gasteiger partial charge is 0.493 e. The highest BCUT2D eigenvalue weighted by Crippen LogP contribution is 2.31. The molecule has 1 aliphatic rings. The second kappa shape index (κ2) is 8.55. The second-order valence-corrected chi connectivity index (χ2v) is 6.24. The zero-order valence-corrected chi connectivity index (χ0v) is 15.1. The van der Waals surface area contributed by atoms with E-state index in [1.54, 1.807) is 26.4 Å². The number of methoxy groups -OCH3 is 2. The summed E-state index contributed by atoms with van der Waals surface area (Å²) >= 11 is 0. The lowest BCUT2D eigenvalue weighted by atomic mass is 9.96. The van der Waals surface area contributed by atoms with Crippen molar-refractivity contribution < 1.29 is 18.8 Å². The van der Waals surface area contributed by atoms with Gasteiger partial charge in [0.1, 0.15) is 0 Å². The molecule has 2 N–H and O–H groups in total. The summed E-state index contributed by atoms with van der Waals surface area (Å²) in [6, 6.07) is 5.42. The van der Waals surface area contributed by atoms with E-state index < -0.39 is 0 Å². The number of carbonyl (C=O) groups excluding carboxylic acids is 1. The topological polar surface area (TPSA) is 98.5 Å². The van der Waals surface area contributed by atoms with Crippen molar-refractivity contribution in [2.45, 2.75) is 44.7 Å². The van der Waals surface area contributed by atoms with Crippen molar-refractivity contribution in [3.05, 3.63) is 24.1 Å². The Balaban J connectivity index is 1.57. The molecule has 0 spiro atoms. The average molecular weight is 360 g/mol. The van der Waals surface area contributed by atoms with E-state index in [0.717, 1.165) is 18.4 Å². The van der Waals surface area contributed by atoms with Crippen molar-refractivity contribution in [3.8, 4) is 22.9 Å². The van der Waals surface area contributed by atoms with Crippen LogP contribution in [-0.2, 0) is 6.54 Å². The lowest BCUT2D eigenvalue weighted by molar-refractivity contribution is 0.230. The molecule has 1 heterocycles. The van der Waals surface area contributed by atoms with E-state index in [9.17, 15) is 4.79 Å². The Bertz CT molecular complexity index is 741. The molecule has 1 aromatic carbocycles. The minimum absolute atomic E-state index is 0.179. The van der Waals surface area contributed by atoms with Gasteiger partial charge in [0, 0.05) is 11.6 Å². The summed E-state index contributed by atoms with van der Waals surface area (Å²) in [6.07, 6.45) is 5.67. The van der Waals surface area contributed by atoms with Gasteiger partial charge in [-0.1, -0.05) is 24.4 Å². The predicted molar refractivity (Wildman–Crippen MR) is 95.1 cm³/mol. The molecule has 8 heteroatoms. The number of nitrogens with zero attached hydrogens (tertiary/aromatic N) is 2. The van der Waals surface area contributed by atoms with Crippen LogP contribution in [0.5, 0.6) is 11.5 Å². The van der Waals surface area contributed by atoms with Gasteiger partial charge in [-0.15, -0.1) is 0 Å². The summed E-state index contributed by atoms with van der Waals surface area (Å²) in [6.45, 7) is 0.179. The lowest BCUT2D eigenvalue weighted by Crippen LogP contribution is -2.42. The lowest BCUT2D eigenvalue weighted by Gasteiger charge is -2.22. The van der Waals surface area contributed by atoms with E-state index >= 15 is 0 Å². The van der Waals surface area contributed by atoms with Crippen LogP contribution in [0.2, 0.25) is 0 Å². The van der Waals surface area contributed by atoms with Gasteiger partial charge in [0.15, 0.2) is 11.5 Å². The maximum Gasteiger partial charge on any atom is 0.315 e. The standard InChI is InChI=1S/C18H24N4O4/c1-24-14-9-8-12(10-15(14)25-2)17-21-16(26-22-17)11-19-18(23)20-13-6-4-3-5-7-13/h8-10,13H,3-7,11H2,1-2H3,(H2,19,20,23). The van der Waals surface area contributed by atoms with Crippen LogP contribution >= 0.6 is 0 Å². The average Bonchev–Trinajstić information content (AvgIpc) is 3.15. The fourth-order valence-electron chi connectivity index (χ4n) is 3.06. The van der Waals surface area contributed by atoms with E-state index in [4.69, 9.17) is 14.0 Å². The van der Waals surface area contributed by atoms with E-state index in [2.05, 4.69) is 20.8 Å². The number of ether oxygens (including phenoxy) is 2. The molecule has 0 radical (unpaired) electrons. The third-order valence-electron chi connectivity index (χ3n) is 4.45. The van der Waals surface area contributed by atoms with Gasteiger partial charge in [-0.25, -0.2) is 4.79 Å². The minimum atomic E-state index is -0.206. The first-order valence-electron chi connectivity index (χ1n) is 8.79. The van der Waals surface area contributed by atoms with Crippen LogP contribution in [0.1, 0.15) is 38.0 Å². The number of hydrogen-bond acceptors (Lipinski definition) is 6. The highest BCUT2D eigenvalue weighted by Gasteiger charge is 2.16. The first kappa shape index (κ1) is 18.0. The SMILES string of the molecule is COc1ccc(-c2noc(CNC(=O)NC3CCCCC3)n2)cc1OC. The molecular weight excluding hydrogens is 336 g/mol. The van der Waals surface area contributed by atoms with Gasteiger partial charge in [0.25, 0.3) is 0 Å². The minimum Gasteiger partial charge on any atom is -0.493 e. The molecule has 140 valence electrons. The Morgan fingerprint density at radius 3 is 2.69 bits per heavy atom. The van der Waals surface area contributed by atoms with E-state index in [1.165, 1.54) is 19.3 Å². The molecule has 0 unspecified atom stereocenters. The van der Waals surface area contributed by atoms with Crippen LogP contribution in [-0.4, -0.2) is 36.4 Å². The Labute approximate surface area is 152 Å². The van der Waals surface area contributed by atoms with Crippen molar-refractivity contribution in [2.24, 2.45) is 0 Å². The number of benzene rings is 1. The number of urea groups is 1. The van der Waals surface area contributed by atoms with Crippen molar-refractivity contribution in [2.75, 3.05) is 14.2 Å². The van der Waals surface area contributed by atoms with Crippen LogP contribution in [0, 0.1) is 0 Å². The van der Waals surface area contributed by atoms with E-state index in [0.29, 0.717) is 23.2 Å². The molecule has 26 heavy (non-hydrogen) atoms. The second-order valence-electron chi connectivity index (χ2n) is 6.24. The monoisotopic (exact) mass is 360 g/mol. The van der Waals surface area contributed by atoms with Crippen molar-refractivity contribution in [1.82, 2.24) is 20.8 Å². The summed E-state index contributed by atoms with van der Waals surface area (Å²) < 4.78 is 15.7. The Morgan fingerprint density at radius 2 is 1.96 bits per heavy atom. The Hall–Kier alpha value is -2.77. The summed E-state index contributed by atoms with van der Waals surface area (Å²) in [5, 5.41) is 9.70. The fourth-order valence-corrected chi connectivity index (χ4v) is 3.06. The van der Waals surface area contributed by atoms with Crippen molar-refractivity contribution >= 4 is 6.03 Å². The molecule has 0 atom stereocenters. The highest BCUT2D eigenvalue weighted by atomic mass is 16.5. The molecule has 0 bridgehead atoms. The number of rotatable bonds is 6. The van der Waals surface area contributed by atoms with E-state index in [1.807, 2.05) is 6.07 Å². The number of nitrogens with one attached hydrogen (secondary N) is 2. The van der Waals surface area contributed by atoms with Crippen LogP contribution in [0.4, 0.5) is 4.79 Å². The molecule has 2 aromatic rings. The highest BCUT2D eigenvalue weighted by molar-refractivity contribution is 5.74. The van der Waals surface area contributed by atoms with Crippen molar-refractivity contribution in [3.63, 3.8) is 0 Å². The van der Waals surface area contributed by atoms with Gasteiger partial charge < -0.3 is 24.6 Å². The summed E-state index contributed by atoms with van der Waals surface area (Å²) in [5.41, 5.74) is 0.740. The van der Waals surface area contributed by atoms with Gasteiger partial charge in [-0.3, -0.25) is 0 Å². The number of hydrogen-bond donors (Lipinski definition) is 2. The summed E-state index contributed by atoms with van der Waals surface area (Å²) in [5.74, 6) is 1.98. The van der Waals surface area contributed by atoms with E-state index in [-0.39, 0.29) is 18.6 Å². The molecule has 1 aromatic heterocycles. The van der Waals surface area contributed by atoms with Crippen LogP contribution in [0.3, 0.4) is 0 Å². The third kappa shape index (κ3) is 4.44.